The van der Waals surface area contributed by atoms with Crippen molar-refractivity contribution in [1.29, 1.82) is 0 Å². The molecule has 2 aromatic rings. The monoisotopic (exact) mass is 527 g/mol. The third-order valence-electron chi connectivity index (χ3n) is 4.51. The van der Waals surface area contributed by atoms with E-state index in [0.29, 0.717) is 6.54 Å². The second kappa shape index (κ2) is 11.3. The summed E-state index contributed by atoms with van der Waals surface area (Å²) in [5, 5.41) is 3.22. The number of guanidine groups is 1. The van der Waals surface area contributed by atoms with E-state index in [4.69, 9.17) is 0 Å². The van der Waals surface area contributed by atoms with Crippen molar-refractivity contribution >= 4 is 45.5 Å². The molecule has 0 radical (unpaired) electrons. The van der Waals surface area contributed by atoms with E-state index in [-0.39, 0.29) is 35.4 Å². The lowest BCUT2D eigenvalue weighted by Crippen LogP contribution is -2.45. The van der Waals surface area contributed by atoms with Gasteiger partial charge in [-0.3, -0.25) is 9.98 Å². The predicted molar refractivity (Wildman–Crippen MR) is 127 cm³/mol. The molecule has 1 aliphatic rings. The number of nitrogens with one attached hydrogen (secondary N) is 2. The first-order chi connectivity index (χ1) is 13.6. The van der Waals surface area contributed by atoms with E-state index in [1.54, 1.807) is 19.3 Å². The molecule has 0 atom stereocenters. The van der Waals surface area contributed by atoms with Gasteiger partial charge in [0.25, 0.3) is 0 Å². The Morgan fingerprint density at radius 3 is 2.59 bits per heavy atom. The maximum absolute atomic E-state index is 12.2. The van der Waals surface area contributed by atoms with Crippen LogP contribution in [0.2, 0.25) is 0 Å². The van der Waals surface area contributed by atoms with Crippen LogP contribution in [0.1, 0.15) is 12.0 Å². The number of rotatable bonds is 6. The highest BCUT2D eigenvalue weighted by atomic mass is 127. The zero-order valence-corrected chi connectivity index (χ0v) is 19.4. The standard InChI is InChI=1S/C20H25N5O2S.HI/c1-21-20(23-12-13-24-28(26,27)19-8-5-11-22-16-19)25-14-9-18(10-15-25)17-6-3-2-4-7-17;/h2-9,11,16,24H,10,12-15H2,1H3,(H,21,23);1H. The molecule has 1 aromatic heterocycles. The van der Waals surface area contributed by atoms with Gasteiger partial charge in [-0.25, -0.2) is 13.1 Å². The fourth-order valence-electron chi connectivity index (χ4n) is 3.06. The summed E-state index contributed by atoms with van der Waals surface area (Å²) in [7, 11) is -1.81. The fraction of sp³-hybridized carbons (Fsp3) is 0.300. The molecule has 0 fully saturated rings. The highest BCUT2D eigenvalue weighted by Gasteiger charge is 2.17. The van der Waals surface area contributed by atoms with Crippen LogP contribution in [-0.4, -0.2) is 57.5 Å². The maximum atomic E-state index is 12.2. The van der Waals surface area contributed by atoms with Gasteiger partial charge in [0.2, 0.25) is 10.0 Å². The van der Waals surface area contributed by atoms with Crippen molar-refractivity contribution in [3.8, 4) is 0 Å². The van der Waals surface area contributed by atoms with E-state index >= 15 is 0 Å². The summed E-state index contributed by atoms with van der Waals surface area (Å²) in [6.07, 6.45) is 6.04. The Morgan fingerprint density at radius 1 is 1.17 bits per heavy atom. The first-order valence-corrected chi connectivity index (χ1v) is 10.7. The van der Waals surface area contributed by atoms with Crippen molar-refractivity contribution in [2.45, 2.75) is 11.3 Å². The maximum Gasteiger partial charge on any atom is 0.242 e. The molecule has 7 nitrogen and oxygen atoms in total. The summed E-state index contributed by atoms with van der Waals surface area (Å²) in [5.41, 5.74) is 2.60. The van der Waals surface area contributed by atoms with Crippen LogP contribution in [0.3, 0.4) is 0 Å². The molecule has 0 unspecified atom stereocenters. The number of nitrogens with zero attached hydrogens (tertiary/aromatic N) is 3. The zero-order valence-electron chi connectivity index (χ0n) is 16.3. The summed E-state index contributed by atoms with van der Waals surface area (Å²) in [4.78, 5) is 10.5. The number of pyridine rings is 1. The second-order valence-corrected chi connectivity index (χ2v) is 8.12. The summed E-state index contributed by atoms with van der Waals surface area (Å²) in [6, 6.07) is 13.5. The largest absolute Gasteiger partial charge is 0.355 e. The van der Waals surface area contributed by atoms with Crippen molar-refractivity contribution in [1.82, 2.24) is 19.9 Å². The van der Waals surface area contributed by atoms with Gasteiger partial charge in [0.15, 0.2) is 5.96 Å². The van der Waals surface area contributed by atoms with Crippen molar-refractivity contribution in [3.05, 3.63) is 66.5 Å². The van der Waals surface area contributed by atoms with Crippen molar-refractivity contribution in [2.24, 2.45) is 4.99 Å². The molecule has 0 saturated heterocycles. The van der Waals surface area contributed by atoms with Crippen LogP contribution in [0.5, 0.6) is 0 Å². The average Bonchev–Trinajstić information content (AvgIpc) is 2.75. The van der Waals surface area contributed by atoms with E-state index in [2.05, 4.69) is 55.3 Å². The lowest BCUT2D eigenvalue weighted by molar-refractivity contribution is 0.440. The minimum absolute atomic E-state index is 0. The Bertz CT molecular complexity index is 934. The molecule has 1 aliphatic heterocycles. The van der Waals surface area contributed by atoms with Gasteiger partial charge < -0.3 is 10.2 Å². The van der Waals surface area contributed by atoms with E-state index < -0.39 is 10.0 Å². The predicted octanol–water partition coefficient (Wildman–Crippen LogP) is 2.34. The number of aromatic nitrogens is 1. The van der Waals surface area contributed by atoms with Gasteiger partial charge in [0, 0.05) is 45.6 Å². The first-order valence-electron chi connectivity index (χ1n) is 9.20. The number of aliphatic imine (C=N–C) groups is 1. The van der Waals surface area contributed by atoms with E-state index in [1.807, 2.05) is 6.07 Å². The minimum Gasteiger partial charge on any atom is -0.355 e. The van der Waals surface area contributed by atoms with E-state index in [0.717, 1.165) is 25.5 Å². The molecule has 1 aromatic carbocycles. The Morgan fingerprint density at radius 2 is 1.97 bits per heavy atom. The van der Waals surface area contributed by atoms with Crippen LogP contribution < -0.4 is 10.0 Å². The number of sulfonamides is 1. The van der Waals surface area contributed by atoms with Gasteiger partial charge in [-0.15, -0.1) is 24.0 Å². The van der Waals surface area contributed by atoms with Crippen LogP contribution in [0.4, 0.5) is 0 Å². The fourth-order valence-corrected chi connectivity index (χ4v) is 4.05. The molecule has 0 saturated carbocycles. The van der Waals surface area contributed by atoms with E-state index in [1.165, 1.54) is 23.4 Å². The molecule has 2 heterocycles. The Kier molecular flexibility index (Phi) is 9.05. The zero-order chi connectivity index (χ0) is 19.8. The summed E-state index contributed by atoms with van der Waals surface area (Å²) in [6.45, 7) is 2.33. The summed E-state index contributed by atoms with van der Waals surface area (Å²) >= 11 is 0. The number of benzene rings is 1. The third kappa shape index (κ3) is 6.51. The summed E-state index contributed by atoms with van der Waals surface area (Å²) < 4.78 is 27.0. The molecule has 3 rings (SSSR count). The van der Waals surface area contributed by atoms with Gasteiger partial charge >= 0.3 is 0 Å². The van der Waals surface area contributed by atoms with Crippen LogP contribution in [0, 0.1) is 0 Å². The van der Waals surface area contributed by atoms with Crippen LogP contribution in [0.15, 0.2) is 70.8 Å². The van der Waals surface area contributed by atoms with Gasteiger partial charge in [-0.05, 0) is 29.7 Å². The van der Waals surface area contributed by atoms with Gasteiger partial charge in [0.1, 0.15) is 4.90 Å². The molecule has 0 spiro atoms. The molecule has 0 aliphatic carbocycles. The molecular weight excluding hydrogens is 501 g/mol. The number of halogens is 1. The molecule has 2 N–H and O–H groups in total. The molecule has 9 heteroatoms. The highest BCUT2D eigenvalue weighted by Crippen LogP contribution is 2.21. The van der Waals surface area contributed by atoms with Gasteiger partial charge in [-0.2, -0.15) is 0 Å². The highest BCUT2D eigenvalue weighted by molar-refractivity contribution is 14.0. The Hall–Kier alpha value is -1.98. The van der Waals surface area contributed by atoms with Crippen LogP contribution >= 0.6 is 24.0 Å². The Balaban J connectivity index is 0.00000300. The molecule has 0 bridgehead atoms. The SMILES string of the molecule is CN=C(NCCNS(=O)(=O)c1cccnc1)N1CC=C(c2ccccc2)CC1.I. The minimum atomic E-state index is -3.54. The van der Waals surface area contributed by atoms with Crippen molar-refractivity contribution in [3.63, 3.8) is 0 Å². The number of hydrogen-bond donors (Lipinski definition) is 2. The smallest absolute Gasteiger partial charge is 0.242 e. The second-order valence-electron chi connectivity index (χ2n) is 6.35. The van der Waals surface area contributed by atoms with Crippen molar-refractivity contribution < 1.29 is 8.42 Å². The number of hydrogen-bond acceptors (Lipinski definition) is 4. The molecule has 0 amide bonds. The molecular formula is C20H26IN5O2S. The Labute approximate surface area is 189 Å². The summed E-state index contributed by atoms with van der Waals surface area (Å²) in [5.74, 6) is 0.768. The van der Waals surface area contributed by atoms with Crippen molar-refractivity contribution in [2.75, 3.05) is 33.2 Å². The normalized spacial score (nSPS) is 14.7. The lowest BCUT2D eigenvalue weighted by atomic mass is 10.00. The molecule has 156 valence electrons. The van der Waals surface area contributed by atoms with Crippen LogP contribution in [-0.2, 0) is 10.0 Å². The van der Waals surface area contributed by atoms with E-state index in [9.17, 15) is 8.42 Å². The average molecular weight is 527 g/mol. The third-order valence-corrected chi connectivity index (χ3v) is 5.96. The quantitative estimate of drug-likeness (QED) is 0.261. The molecule has 29 heavy (non-hydrogen) atoms. The first kappa shape index (κ1) is 23.3. The topological polar surface area (TPSA) is 86.7 Å². The van der Waals surface area contributed by atoms with Crippen LogP contribution in [0.25, 0.3) is 5.57 Å². The lowest BCUT2D eigenvalue weighted by Gasteiger charge is -2.29. The van der Waals surface area contributed by atoms with Gasteiger partial charge in [-0.1, -0.05) is 36.4 Å². The van der Waals surface area contributed by atoms with Gasteiger partial charge in [0.05, 0.1) is 0 Å².